The van der Waals surface area contributed by atoms with Crippen LogP contribution in [0.2, 0.25) is 0 Å². The fraction of sp³-hybridized carbons (Fsp3) is 0.167. The third-order valence-corrected chi connectivity index (χ3v) is 4.57. The summed E-state index contributed by atoms with van der Waals surface area (Å²) in [5.41, 5.74) is 0.631. The van der Waals surface area contributed by atoms with E-state index in [2.05, 4.69) is 19.9 Å². The van der Waals surface area contributed by atoms with Crippen LogP contribution in [0.1, 0.15) is 17.3 Å². The molecule has 0 fully saturated rings. The Morgan fingerprint density at radius 1 is 1.15 bits per heavy atom. The number of alkyl halides is 2. The van der Waals surface area contributed by atoms with Crippen LogP contribution in [0.5, 0.6) is 5.75 Å². The number of aromatic nitrogens is 3. The first-order valence-corrected chi connectivity index (χ1v) is 8.75. The average molecular weight is 393 g/mol. The van der Waals surface area contributed by atoms with Gasteiger partial charge in [-0.1, -0.05) is 23.9 Å². The number of hydrogen-bond donors (Lipinski definition) is 1. The molecule has 0 bridgehead atoms. The van der Waals surface area contributed by atoms with E-state index in [9.17, 15) is 18.0 Å². The zero-order valence-electron chi connectivity index (χ0n) is 14.0. The molecule has 0 aliphatic heterocycles. The molecule has 1 heterocycles. The third-order valence-electron chi connectivity index (χ3n) is 3.61. The summed E-state index contributed by atoms with van der Waals surface area (Å²) in [4.78, 5) is 16.7. The topological polar surface area (TPSA) is 67.9 Å². The van der Waals surface area contributed by atoms with E-state index in [1.54, 1.807) is 25.1 Å². The van der Waals surface area contributed by atoms with Gasteiger partial charge in [0.2, 0.25) is 5.16 Å². The molecule has 1 N–H and O–H groups in total. The van der Waals surface area contributed by atoms with Crippen molar-refractivity contribution in [1.29, 1.82) is 0 Å². The Morgan fingerprint density at radius 2 is 1.85 bits per heavy atom. The van der Waals surface area contributed by atoms with E-state index >= 15 is 0 Å². The number of benzene rings is 2. The van der Waals surface area contributed by atoms with E-state index in [-0.39, 0.29) is 22.9 Å². The molecule has 0 saturated carbocycles. The lowest BCUT2D eigenvalue weighted by Gasteiger charge is -2.09. The molecule has 1 atom stereocenters. The number of thioether (sulfide) groups is 1. The van der Waals surface area contributed by atoms with Crippen molar-refractivity contribution < 1.29 is 22.7 Å². The predicted octanol–water partition coefficient (Wildman–Crippen LogP) is 4.58. The number of carbonyl (C=O) groups excluding carboxylic acids is 1. The van der Waals surface area contributed by atoms with Crippen LogP contribution < -0.4 is 4.74 Å². The van der Waals surface area contributed by atoms with Crippen LogP contribution >= 0.6 is 11.8 Å². The number of carbonyl (C=O) groups is 1. The fourth-order valence-electron chi connectivity index (χ4n) is 2.32. The first-order valence-electron chi connectivity index (χ1n) is 7.87. The molecule has 140 valence electrons. The minimum atomic E-state index is -2.92. The van der Waals surface area contributed by atoms with E-state index in [0.717, 1.165) is 11.8 Å². The Morgan fingerprint density at radius 3 is 2.52 bits per heavy atom. The lowest BCUT2D eigenvalue weighted by molar-refractivity contribution is -0.0498. The molecule has 0 aliphatic carbocycles. The Labute approximate surface area is 157 Å². The second-order valence-electron chi connectivity index (χ2n) is 5.47. The van der Waals surface area contributed by atoms with Crippen LogP contribution in [0.15, 0.2) is 53.7 Å². The van der Waals surface area contributed by atoms with Crippen molar-refractivity contribution in [2.24, 2.45) is 0 Å². The highest BCUT2D eigenvalue weighted by molar-refractivity contribution is 8.00. The van der Waals surface area contributed by atoms with Crippen LogP contribution in [0.25, 0.3) is 11.4 Å². The maximum atomic E-state index is 13.8. The zero-order chi connectivity index (χ0) is 19.4. The number of hydrogen-bond acceptors (Lipinski definition) is 5. The quantitative estimate of drug-likeness (QED) is 0.470. The van der Waals surface area contributed by atoms with E-state index in [1.807, 2.05) is 0 Å². The number of halogens is 3. The van der Waals surface area contributed by atoms with Gasteiger partial charge < -0.3 is 4.74 Å². The standard InChI is InChI=1S/C18H14F3N3O2S/c1-10(15(25)11-6-8-12(9-7-11)26-17(20)21)27-18-22-16(23-24-18)13-4-2-3-5-14(13)19/h2-10,17H,1H3,(H,22,23,24)/t10-/m1/s1. The van der Waals surface area contributed by atoms with Gasteiger partial charge in [-0.3, -0.25) is 9.89 Å². The summed E-state index contributed by atoms with van der Waals surface area (Å²) in [6.45, 7) is -1.24. The molecule has 5 nitrogen and oxygen atoms in total. The Kier molecular flexibility index (Phi) is 5.80. The second kappa shape index (κ2) is 8.26. The molecule has 27 heavy (non-hydrogen) atoms. The molecule has 0 amide bonds. The van der Waals surface area contributed by atoms with Crippen LogP contribution in [0.4, 0.5) is 13.2 Å². The largest absolute Gasteiger partial charge is 0.435 e. The summed E-state index contributed by atoms with van der Waals surface area (Å²) in [5.74, 6) is -0.407. The molecule has 0 saturated heterocycles. The van der Waals surface area contributed by atoms with Gasteiger partial charge in [0.15, 0.2) is 11.6 Å². The summed E-state index contributed by atoms with van der Waals surface area (Å²) in [7, 11) is 0. The maximum Gasteiger partial charge on any atom is 0.387 e. The summed E-state index contributed by atoms with van der Waals surface area (Å²) in [5, 5.41) is 6.42. The number of nitrogens with one attached hydrogen (secondary N) is 1. The van der Waals surface area contributed by atoms with E-state index < -0.39 is 17.7 Å². The number of Topliss-reactive ketones (excluding diaryl/α,β-unsaturated/α-hetero) is 1. The lowest BCUT2D eigenvalue weighted by atomic mass is 10.1. The minimum Gasteiger partial charge on any atom is -0.435 e. The van der Waals surface area contributed by atoms with Crippen molar-refractivity contribution in [2.45, 2.75) is 23.9 Å². The second-order valence-corrected chi connectivity index (χ2v) is 6.78. The molecule has 0 radical (unpaired) electrons. The third kappa shape index (κ3) is 4.68. The summed E-state index contributed by atoms with van der Waals surface area (Å²) < 4.78 is 42.4. The zero-order valence-corrected chi connectivity index (χ0v) is 14.8. The summed E-state index contributed by atoms with van der Waals surface area (Å²) in [6.07, 6.45) is 0. The van der Waals surface area contributed by atoms with Crippen molar-refractivity contribution in [3.8, 4) is 17.1 Å². The van der Waals surface area contributed by atoms with E-state index in [4.69, 9.17) is 0 Å². The number of H-pyrrole nitrogens is 1. The van der Waals surface area contributed by atoms with E-state index in [0.29, 0.717) is 10.7 Å². The lowest BCUT2D eigenvalue weighted by Crippen LogP contribution is -2.13. The van der Waals surface area contributed by atoms with Gasteiger partial charge in [-0.15, -0.1) is 5.10 Å². The van der Waals surface area contributed by atoms with Gasteiger partial charge >= 0.3 is 6.61 Å². The van der Waals surface area contributed by atoms with Gasteiger partial charge in [0.25, 0.3) is 0 Å². The highest BCUT2D eigenvalue weighted by atomic mass is 32.2. The van der Waals surface area contributed by atoms with Crippen molar-refractivity contribution in [3.05, 3.63) is 59.9 Å². The molecule has 3 rings (SSSR count). The van der Waals surface area contributed by atoms with Gasteiger partial charge in [-0.25, -0.2) is 9.37 Å². The monoisotopic (exact) mass is 393 g/mol. The van der Waals surface area contributed by atoms with Gasteiger partial charge in [0.1, 0.15) is 11.6 Å². The number of ether oxygens (including phenoxy) is 1. The van der Waals surface area contributed by atoms with Gasteiger partial charge in [-0.2, -0.15) is 8.78 Å². The molecular formula is C18H14F3N3O2S. The highest BCUT2D eigenvalue weighted by Crippen LogP contribution is 2.26. The Bertz CT molecular complexity index is 932. The van der Waals surface area contributed by atoms with Crippen LogP contribution in [0.3, 0.4) is 0 Å². The molecule has 2 aromatic carbocycles. The van der Waals surface area contributed by atoms with E-state index in [1.165, 1.54) is 30.3 Å². The SMILES string of the molecule is C[C@@H](Sc1n[nH]c(-c2ccccc2F)n1)C(=O)c1ccc(OC(F)F)cc1. The predicted molar refractivity (Wildman–Crippen MR) is 94.5 cm³/mol. The van der Waals surface area contributed by atoms with Gasteiger partial charge in [-0.05, 0) is 43.3 Å². The van der Waals surface area contributed by atoms with Gasteiger partial charge in [0.05, 0.1) is 10.8 Å². The molecule has 0 spiro atoms. The summed E-state index contributed by atoms with van der Waals surface area (Å²) >= 11 is 1.11. The number of aromatic amines is 1. The number of nitrogens with zero attached hydrogens (tertiary/aromatic N) is 2. The molecule has 0 aliphatic rings. The average Bonchev–Trinajstić information content (AvgIpc) is 3.10. The normalized spacial score (nSPS) is 12.2. The van der Waals surface area contributed by atoms with Crippen LogP contribution in [-0.4, -0.2) is 32.8 Å². The smallest absolute Gasteiger partial charge is 0.387 e. The molecule has 1 aromatic heterocycles. The molecule has 3 aromatic rings. The molecule has 9 heteroatoms. The van der Waals surface area contributed by atoms with Gasteiger partial charge in [0, 0.05) is 5.56 Å². The van der Waals surface area contributed by atoms with Crippen molar-refractivity contribution >= 4 is 17.5 Å². The van der Waals surface area contributed by atoms with Crippen molar-refractivity contribution in [1.82, 2.24) is 15.2 Å². The van der Waals surface area contributed by atoms with Crippen molar-refractivity contribution in [2.75, 3.05) is 0 Å². The number of ketones is 1. The minimum absolute atomic E-state index is 0.0228. The fourth-order valence-corrected chi connectivity index (χ4v) is 3.12. The Balaban J connectivity index is 1.67. The van der Waals surface area contributed by atoms with Crippen molar-refractivity contribution in [3.63, 3.8) is 0 Å². The summed E-state index contributed by atoms with van der Waals surface area (Å²) in [6, 6.07) is 11.6. The first kappa shape index (κ1) is 19.0. The van der Waals surface area contributed by atoms with Crippen LogP contribution in [-0.2, 0) is 0 Å². The highest BCUT2D eigenvalue weighted by Gasteiger charge is 2.20. The molecule has 0 unspecified atom stereocenters. The first-order chi connectivity index (χ1) is 12.9. The maximum absolute atomic E-state index is 13.8. The van der Waals surface area contributed by atoms with Crippen LogP contribution in [0, 0.1) is 5.82 Å². The molecular weight excluding hydrogens is 379 g/mol. The Hall–Kier alpha value is -2.81. The number of rotatable bonds is 7.